The zero-order valence-electron chi connectivity index (χ0n) is 13.7. The van der Waals surface area contributed by atoms with Crippen LogP contribution in [0.1, 0.15) is 11.1 Å². The lowest BCUT2D eigenvalue weighted by Crippen LogP contribution is -1.98. The van der Waals surface area contributed by atoms with E-state index < -0.39 is 17.5 Å². The summed E-state index contributed by atoms with van der Waals surface area (Å²) in [6.45, 7) is 1.73. The molecule has 26 heavy (non-hydrogen) atoms. The first kappa shape index (κ1) is 18.3. The van der Waals surface area contributed by atoms with Crippen molar-refractivity contribution in [2.75, 3.05) is 0 Å². The molecule has 0 saturated carbocycles. The van der Waals surface area contributed by atoms with Crippen LogP contribution >= 0.6 is 12.6 Å². The summed E-state index contributed by atoms with van der Waals surface area (Å²) < 4.78 is 58.5. The number of hydrogen-bond donors (Lipinski definition) is 1. The molecule has 0 heterocycles. The predicted molar refractivity (Wildman–Crippen MR) is 94.5 cm³/mol. The van der Waals surface area contributed by atoms with Crippen LogP contribution in [0.15, 0.2) is 53.4 Å². The molecule has 0 bridgehead atoms. The number of halogens is 4. The Balaban J connectivity index is 1.75. The van der Waals surface area contributed by atoms with Gasteiger partial charge in [0, 0.05) is 17.0 Å². The molecule has 1 nitrogen and oxygen atoms in total. The van der Waals surface area contributed by atoms with Gasteiger partial charge in [-0.1, -0.05) is 30.3 Å². The molecule has 0 aliphatic carbocycles. The summed E-state index contributed by atoms with van der Waals surface area (Å²) in [6.07, 6.45) is 0. The molecule has 3 rings (SSSR count). The van der Waals surface area contributed by atoms with E-state index in [1.165, 1.54) is 0 Å². The van der Waals surface area contributed by atoms with Crippen molar-refractivity contribution in [2.45, 2.75) is 18.4 Å². The van der Waals surface area contributed by atoms with Gasteiger partial charge < -0.3 is 4.74 Å². The number of benzene rings is 3. The molecule has 0 radical (unpaired) electrons. The molecule has 0 unspecified atom stereocenters. The second-order valence-electron chi connectivity index (χ2n) is 5.76. The standard InChI is InChI=1S/C20H14F4OS/c1-11-15(6-7-18(26)19(11)23)13-4-2-12(3-5-13)10-25-14-8-16(21)20(24)17(22)9-14/h2-9,26H,10H2,1H3. The molecule has 0 spiro atoms. The molecular formula is C20H14F4OS. The first-order valence-electron chi connectivity index (χ1n) is 7.71. The number of rotatable bonds is 4. The maximum absolute atomic E-state index is 14.0. The Morgan fingerprint density at radius 3 is 2.08 bits per heavy atom. The van der Waals surface area contributed by atoms with E-state index in [1.54, 1.807) is 43.3 Å². The van der Waals surface area contributed by atoms with Gasteiger partial charge in [-0.2, -0.15) is 0 Å². The predicted octanol–water partition coefficient (Wildman–Crippen LogP) is 6.09. The topological polar surface area (TPSA) is 9.23 Å². The summed E-state index contributed by atoms with van der Waals surface area (Å²) in [5.74, 6) is -4.61. The zero-order chi connectivity index (χ0) is 18.8. The minimum atomic E-state index is -1.53. The highest BCUT2D eigenvalue weighted by molar-refractivity contribution is 7.80. The molecule has 134 valence electrons. The minimum Gasteiger partial charge on any atom is -0.489 e. The smallest absolute Gasteiger partial charge is 0.194 e. The quantitative estimate of drug-likeness (QED) is 0.329. The SMILES string of the molecule is Cc1c(-c2ccc(COc3cc(F)c(F)c(F)c3)cc2)ccc(S)c1F. The number of thiol groups is 1. The van der Waals surface area contributed by atoms with Crippen LogP contribution < -0.4 is 4.74 Å². The van der Waals surface area contributed by atoms with Crippen LogP contribution in [0.5, 0.6) is 5.75 Å². The van der Waals surface area contributed by atoms with Crippen molar-refractivity contribution in [1.82, 2.24) is 0 Å². The fourth-order valence-electron chi connectivity index (χ4n) is 2.55. The summed E-state index contributed by atoms with van der Waals surface area (Å²) in [6, 6.07) is 12.1. The van der Waals surface area contributed by atoms with E-state index in [4.69, 9.17) is 4.74 Å². The molecule has 0 amide bonds. The first-order valence-corrected chi connectivity index (χ1v) is 8.16. The van der Waals surface area contributed by atoms with Gasteiger partial charge in [-0.15, -0.1) is 12.6 Å². The van der Waals surface area contributed by atoms with Crippen LogP contribution in [0.2, 0.25) is 0 Å². The van der Waals surface area contributed by atoms with Gasteiger partial charge in [0.25, 0.3) is 0 Å². The molecule has 0 aliphatic rings. The van der Waals surface area contributed by atoms with E-state index >= 15 is 0 Å². The average Bonchev–Trinajstić information content (AvgIpc) is 2.63. The fourth-order valence-corrected chi connectivity index (χ4v) is 2.79. The van der Waals surface area contributed by atoms with E-state index in [0.29, 0.717) is 5.56 Å². The molecule has 0 aliphatic heterocycles. The Morgan fingerprint density at radius 2 is 1.46 bits per heavy atom. The van der Waals surface area contributed by atoms with Gasteiger partial charge in [0.1, 0.15) is 18.2 Å². The van der Waals surface area contributed by atoms with Gasteiger partial charge in [0.2, 0.25) is 0 Å². The van der Waals surface area contributed by atoms with Gasteiger partial charge in [0.05, 0.1) is 0 Å². The Bertz CT molecular complexity index is 932. The molecular weight excluding hydrogens is 364 g/mol. The Labute approximate surface area is 153 Å². The van der Waals surface area contributed by atoms with E-state index in [-0.39, 0.29) is 23.1 Å². The average molecular weight is 378 g/mol. The van der Waals surface area contributed by atoms with Crippen molar-refractivity contribution in [3.05, 3.63) is 82.9 Å². The van der Waals surface area contributed by atoms with E-state index in [1.807, 2.05) is 0 Å². The highest BCUT2D eigenvalue weighted by Crippen LogP contribution is 2.29. The maximum atomic E-state index is 14.0. The second-order valence-corrected chi connectivity index (χ2v) is 6.24. The summed E-state index contributed by atoms with van der Waals surface area (Å²) in [4.78, 5) is 0.287. The summed E-state index contributed by atoms with van der Waals surface area (Å²) in [5, 5.41) is 0. The van der Waals surface area contributed by atoms with Gasteiger partial charge >= 0.3 is 0 Å². The Hall–Kier alpha value is -2.47. The lowest BCUT2D eigenvalue weighted by atomic mass is 9.99. The summed E-state index contributed by atoms with van der Waals surface area (Å²) in [7, 11) is 0. The van der Waals surface area contributed by atoms with Crippen LogP contribution in [0.4, 0.5) is 17.6 Å². The molecule has 0 aromatic heterocycles. The van der Waals surface area contributed by atoms with Gasteiger partial charge in [-0.05, 0) is 35.2 Å². The molecule has 0 saturated heterocycles. The maximum Gasteiger partial charge on any atom is 0.194 e. The highest BCUT2D eigenvalue weighted by atomic mass is 32.1. The van der Waals surface area contributed by atoms with Crippen LogP contribution in [0, 0.1) is 30.2 Å². The molecule has 0 N–H and O–H groups in total. The Morgan fingerprint density at radius 1 is 0.846 bits per heavy atom. The van der Waals surface area contributed by atoms with E-state index in [2.05, 4.69) is 12.6 Å². The van der Waals surface area contributed by atoms with Crippen molar-refractivity contribution in [3.8, 4) is 16.9 Å². The van der Waals surface area contributed by atoms with Gasteiger partial charge in [-0.25, -0.2) is 17.6 Å². The first-order chi connectivity index (χ1) is 12.4. The van der Waals surface area contributed by atoms with Gasteiger partial charge in [0.15, 0.2) is 17.5 Å². The summed E-state index contributed by atoms with van der Waals surface area (Å²) >= 11 is 4.06. The van der Waals surface area contributed by atoms with Crippen molar-refractivity contribution in [3.63, 3.8) is 0 Å². The molecule has 6 heteroatoms. The zero-order valence-corrected chi connectivity index (χ0v) is 14.6. The normalized spacial score (nSPS) is 10.8. The fraction of sp³-hybridized carbons (Fsp3) is 0.100. The number of hydrogen-bond acceptors (Lipinski definition) is 2. The van der Waals surface area contributed by atoms with Crippen LogP contribution in [0.3, 0.4) is 0 Å². The van der Waals surface area contributed by atoms with Crippen LogP contribution in [-0.2, 0) is 6.61 Å². The van der Waals surface area contributed by atoms with E-state index in [0.717, 1.165) is 28.8 Å². The number of ether oxygens (including phenoxy) is 1. The van der Waals surface area contributed by atoms with Crippen LogP contribution in [0.25, 0.3) is 11.1 Å². The molecule has 3 aromatic rings. The lowest BCUT2D eigenvalue weighted by molar-refractivity contribution is 0.299. The van der Waals surface area contributed by atoms with Crippen molar-refractivity contribution in [1.29, 1.82) is 0 Å². The third-order valence-electron chi connectivity index (χ3n) is 3.99. The van der Waals surface area contributed by atoms with Gasteiger partial charge in [-0.3, -0.25) is 0 Å². The summed E-state index contributed by atoms with van der Waals surface area (Å²) in [5.41, 5.74) is 2.80. The lowest BCUT2D eigenvalue weighted by Gasteiger charge is -2.10. The third-order valence-corrected chi connectivity index (χ3v) is 4.34. The monoisotopic (exact) mass is 378 g/mol. The highest BCUT2D eigenvalue weighted by Gasteiger charge is 2.12. The van der Waals surface area contributed by atoms with Crippen molar-refractivity contribution < 1.29 is 22.3 Å². The third kappa shape index (κ3) is 3.70. The Kier molecular flexibility index (Phi) is 5.23. The van der Waals surface area contributed by atoms with Crippen molar-refractivity contribution in [2.24, 2.45) is 0 Å². The largest absolute Gasteiger partial charge is 0.489 e. The second kappa shape index (κ2) is 7.41. The van der Waals surface area contributed by atoms with Crippen molar-refractivity contribution >= 4 is 12.6 Å². The minimum absolute atomic E-state index is 0.0493. The molecule has 3 aromatic carbocycles. The van der Waals surface area contributed by atoms with E-state index in [9.17, 15) is 17.6 Å². The molecule has 0 atom stereocenters. The molecule has 0 fully saturated rings. The van der Waals surface area contributed by atoms with Crippen LogP contribution in [-0.4, -0.2) is 0 Å².